The first-order valence-electron chi connectivity index (χ1n) is 3.84. The fraction of sp³-hybridized carbons (Fsp3) is 0.111. The number of hydrogen-bond acceptors (Lipinski definition) is 4. The van der Waals surface area contributed by atoms with E-state index in [4.69, 9.17) is 16.1 Å². The quantitative estimate of drug-likeness (QED) is 0.679. The zero-order valence-electron chi connectivity index (χ0n) is 7.28. The number of carbonyl (C=O) groups is 1. The Bertz CT molecular complexity index is 492. The monoisotopic (exact) mass is 211 g/mol. The number of fused-ring (bicyclic) bond motifs is 1. The molecule has 0 unspecified atom stereocenters. The molecule has 0 aliphatic carbocycles. The molecule has 0 bridgehead atoms. The Kier molecular flexibility index (Phi) is 2.13. The maximum Gasteiger partial charge on any atom is 0.341 e. The summed E-state index contributed by atoms with van der Waals surface area (Å²) in [6.45, 7) is 0. The molecule has 0 saturated carbocycles. The van der Waals surface area contributed by atoms with E-state index in [9.17, 15) is 4.79 Å². The minimum atomic E-state index is -0.491. The summed E-state index contributed by atoms with van der Waals surface area (Å²) in [7, 11) is 1.30. The lowest BCUT2D eigenvalue weighted by Crippen LogP contribution is -2.01. The molecule has 0 N–H and O–H groups in total. The lowest BCUT2D eigenvalue weighted by molar-refractivity contribution is 0.0601. The van der Waals surface area contributed by atoms with Gasteiger partial charge in [0.1, 0.15) is 5.56 Å². The van der Waals surface area contributed by atoms with E-state index < -0.39 is 5.97 Å². The first kappa shape index (κ1) is 9.02. The van der Waals surface area contributed by atoms with Crippen molar-refractivity contribution in [2.24, 2.45) is 0 Å². The Labute approximate surface area is 84.4 Å². The predicted molar refractivity (Wildman–Crippen MR) is 50.4 cm³/mol. The Balaban J connectivity index is 2.72. The van der Waals surface area contributed by atoms with Crippen LogP contribution in [0.1, 0.15) is 10.4 Å². The lowest BCUT2D eigenvalue weighted by atomic mass is 10.1. The van der Waals surface area contributed by atoms with Crippen molar-refractivity contribution in [2.75, 3.05) is 7.11 Å². The zero-order chi connectivity index (χ0) is 10.1. The standard InChI is InChI=1S/C9H6ClNO3/c1-13-9(12)7-3-6(10)2-5-4-11-14-8(5)7/h2-4H,1H3. The van der Waals surface area contributed by atoms with Gasteiger partial charge in [-0.3, -0.25) is 0 Å². The molecule has 2 rings (SSSR count). The SMILES string of the molecule is COC(=O)c1cc(Cl)cc2cnoc12. The molecule has 0 fully saturated rings. The zero-order valence-corrected chi connectivity index (χ0v) is 8.04. The number of ether oxygens (including phenoxy) is 1. The van der Waals surface area contributed by atoms with Crippen LogP contribution in [0.15, 0.2) is 22.9 Å². The van der Waals surface area contributed by atoms with Gasteiger partial charge in [0, 0.05) is 10.4 Å². The Morgan fingerprint density at radius 3 is 3.07 bits per heavy atom. The highest BCUT2D eigenvalue weighted by molar-refractivity contribution is 6.32. The van der Waals surface area contributed by atoms with Crippen LogP contribution in [0.5, 0.6) is 0 Å². The number of halogens is 1. The summed E-state index contributed by atoms with van der Waals surface area (Å²) in [6, 6.07) is 3.15. The van der Waals surface area contributed by atoms with Crippen LogP contribution in [0.4, 0.5) is 0 Å². The second kappa shape index (κ2) is 3.31. The Hall–Kier alpha value is -1.55. The minimum Gasteiger partial charge on any atom is -0.465 e. The van der Waals surface area contributed by atoms with Crippen molar-refractivity contribution in [2.45, 2.75) is 0 Å². The molecular formula is C9H6ClNO3. The fourth-order valence-electron chi connectivity index (χ4n) is 1.21. The molecule has 4 nitrogen and oxygen atoms in total. The van der Waals surface area contributed by atoms with Gasteiger partial charge >= 0.3 is 5.97 Å². The predicted octanol–water partition coefficient (Wildman–Crippen LogP) is 2.27. The van der Waals surface area contributed by atoms with Gasteiger partial charge in [-0.25, -0.2) is 4.79 Å². The van der Waals surface area contributed by atoms with E-state index in [0.717, 1.165) is 0 Å². The molecule has 0 aliphatic heterocycles. The lowest BCUT2D eigenvalue weighted by Gasteiger charge is -1.99. The highest BCUT2D eigenvalue weighted by atomic mass is 35.5. The average molecular weight is 212 g/mol. The number of aromatic nitrogens is 1. The van der Waals surface area contributed by atoms with Gasteiger partial charge in [-0.1, -0.05) is 16.8 Å². The highest BCUT2D eigenvalue weighted by Crippen LogP contribution is 2.24. The molecule has 5 heteroatoms. The van der Waals surface area contributed by atoms with Crippen LogP contribution in [-0.2, 0) is 4.74 Å². The molecule has 14 heavy (non-hydrogen) atoms. The van der Waals surface area contributed by atoms with Crippen LogP contribution in [0, 0.1) is 0 Å². The largest absolute Gasteiger partial charge is 0.465 e. The van der Waals surface area contributed by atoms with Crippen molar-refractivity contribution < 1.29 is 14.1 Å². The van der Waals surface area contributed by atoms with Gasteiger partial charge in [-0.15, -0.1) is 0 Å². The van der Waals surface area contributed by atoms with E-state index in [0.29, 0.717) is 16.0 Å². The fourth-order valence-corrected chi connectivity index (χ4v) is 1.44. The summed E-state index contributed by atoms with van der Waals surface area (Å²) < 4.78 is 9.50. The summed E-state index contributed by atoms with van der Waals surface area (Å²) in [5.74, 6) is -0.491. The van der Waals surface area contributed by atoms with Gasteiger partial charge in [0.05, 0.1) is 13.3 Å². The summed E-state index contributed by atoms with van der Waals surface area (Å²) >= 11 is 5.80. The Morgan fingerprint density at radius 2 is 2.36 bits per heavy atom. The Morgan fingerprint density at radius 1 is 1.57 bits per heavy atom. The van der Waals surface area contributed by atoms with Crippen molar-refractivity contribution in [3.8, 4) is 0 Å². The van der Waals surface area contributed by atoms with E-state index in [2.05, 4.69) is 9.89 Å². The second-order valence-corrected chi connectivity index (χ2v) is 3.13. The number of hydrogen-bond donors (Lipinski definition) is 0. The maximum absolute atomic E-state index is 11.3. The molecule has 0 aliphatic rings. The van der Waals surface area contributed by atoms with Crippen LogP contribution in [0.2, 0.25) is 5.02 Å². The number of methoxy groups -OCH3 is 1. The van der Waals surface area contributed by atoms with Gasteiger partial charge in [-0.05, 0) is 12.1 Å². The third kappa shape index (κ3) is 1.33. The molecule has 72 valence electrons. The second-order valence-electron chi connectivity index (χ2n) is 2.69. The number of rotatable bonds is 1. The van der Waals surface area contributed by atoms with Gasteiger partial charge in [0.25, 0.3) is 0 Å². The van der Waals surface area contributed by atoms with Crippen LogP contribution in [0.25, 0.3) is 11.0 Å². The van der Waals surface area contributed by atoms with E-state index >= 15 is 0 Å². The first-order valence-corrected chi connectivity index (χ1v) is 4.22. The van der Waals surface area contributed by atoms with Crippen LogP contribution < -0.4 is 0 Å². The van der Waals surface area contributed by atoms with Crippen molar-refractivity contribution in [3.05, 3.63) is 28.9 Å². The van der Waals surface area contributed by atoms with Crippen molar-refractivity contribution in [1.29, 1.82) is 0 Å². The molecular weight excluding hydrogens is 206 g/mol. The summed E-state index contributed by atoms with van der Waals surface area (Å²) in [4.78, 5) is 11.3. The number of nitrogens with zero attached hydrogens (tertiary/aromatic N) is 1. The highest BCUT2D eigenvalue weighted by Gasteiger charge is 2.14. The summed E-state index contributed by atoms with van der Waals surface area (Å²) in [5.41, 5.74) is 0.675. The first-order chi connectivity index (χ1) is 6.72. The molecule has 2 aromatic rings. The van der Waals surface area contributed by atoms with Gasteiger partial charge in [0.15, 0.2) is 5.58 Å². The molecule has 0 atom stereocenters. The maximum atomic E-state index is 11.3. The normalized spacial score (nSPS) is 10.4. The van der Waals surface area contributed by atoms with Crippen molar-refractivity contribution in [1.82, 2.24) is 5.16 Å². The van der Waals surface area contributed by atoms with E-state index in [1.807, 2.05) is 0 Å². The smallest absolute Gasteiger partial charge is 0.341 e. The van der Waals surface area contributed by atoms with Crippen LogP contribution in [-0.4, -0.2) is 18.2 Å². The van der Waals surface area contributed by atoms with Gasteiger partial charge in [0.2, 0.25) is 0 Å². The van der Waals surface area contributed by atoms with E-state index in [-0.39, 0.29) is 5.56 Å². The molecule has 0 amide bonds. The topological polar surface area (TPSA) is 52.3 Å². The third-order valence-corrected chi connectivity index (χ3v) is 2.04. The molecule has 1 heterocycles. The van der Waals surface area contributed by atoms with Gasteiger partial charge in [-0.2, -0.15) is 0 Å². The van der Waals surface area contributed by atoms with E-state index in [1.165, 1.54) is 19.4 Å². The average Bonchev–Trinajstić information content (AvgIpc) is 2.62. The third-order valence-electron chi connectivity index (χ3n) is 1.82. The van der Waals surface area contributed by atoms with Gasteiger partial charge < -0.3 is 9.26 Å². The molecule has 0 radical (unpaired) electrons. The number of esters is 1. The molecule has 0 saturated heterocycles. The molecule has 0 spiro atoms. The summed E-state index contributed by atoms with van der Waals surface area (Å²) in [5, 5.41) is 4.70. The number of carbonyl (C=O) groups excluding carboxylic acids is 1. The molecule has 1 aromatic heterocycles. The minimum absolute atomic E-state index is 0.285. The molecule has 1 aromatic carbocycles. The van der Waals surface area contributed by atoms with Crippen LogP contribution >= 0.6 is 11.6 Å². The van der Waals surface area contributed by atoms with E-state index in [1.54, 1.807) is 6.07 Å². The van der Waals surface area contributed by atoms with Crippen molar-refractivity contribution >= 4 is 28.5 Å². The van der Waals surface area contributed by atoms with Crippen molar-refractivity contribution in [3.63, 3.8) is 0 Å². The van der Waals surface area contributed by atoms with Crippen LogP contribution in [0.3, 0.4) is 0 Å². The number of benzene rings is 1. The summed E-state index contributed by atoms with van der Waals surface area (Å²) in [6.07, 6.45) is 1.49.